The Bertz CT molecular complexity index is 930. The van der Waals surface area contributed by atoms with E-state index in [2.05, 4.69) is 29.4 Å². The first-order valence-corrected chi connectivity index (χ1v) is 8.99. The summed E-state index contributed by atoms with van der Waals surface area (Å²) in [5.74, 6) is 0.653. The topological polar surface area (TPSA) is 68.0 Å². The van der Waals surface area contributed by atoms with Gasteiger partial charge in [-0.3, -0.25) is 10.1 Å². The molecule has 1 aromatic carbocycles. The van der Waals surface area contributed by atoms with Crippen molar-refractivity contribution in [1.29, 1.82) is 0 Å². The number of hydrogen-bond acceptors (Lipinski definition) is 5. The van der Waals surface area contributed by atoms with Gasteiger partial charge in [0.05, 0.1) is 5.56 Å². The van der Waals surface area contributed by atoms with Crippen molar-refractivity contribution in [2.45, 2.75) is 20.3 Å². The van der Waals surface area contributed by atoms with Crippen LogP contribution in [0.5, 0.6) is 0 Å². The quantitative estimate of drug-likeness (QED) is 0.633. The summed E-state index contributed by atoms with van der Waals surface area (Å²) in [7, 11) is 0. The summed E-state index contributed by atoms with van der Waals surface area (Å²) in [5, 5.41) is 12.0. The molecule has 0 unspecified atom stereocenters. The van der Waals surface area contributed by atoms with E-state index in [0.29, 0.717) is 28.1 Å². The number of furan rings is 1. The van der Waals surface area contributed by atoms with E-state index in [1.165, 1.54) is 29.6 Å². The molecule has 3 aromatic rings. The van der Waals surface area contributed by atoms with Crippen molar-refractivity contribution in [1.82, 2.24) is 10.2 Å². The van der Waals surface area contributed by atoms with Crippen LogP contribution in [0.4, 0.5) is 9.52 Å². The lowest BCUT2D eigenvalue weighted by Gasteiger charge is -1.98. The fraction of sp³-hybridized carbons (Fsp3) is 0.211. The summed E-state index contributed by atoms with van der Waals surface area (Å²) in [6.07, 6.45) is 3.69. The second kappa shape index (κ2) is 8.05. The molecule has 5 nitrogen and oxygen atoms in total. The number of benzene rings is 1. The fourth-order valence-electron chi connectivity index (χ4n) is 2.29. The van der Waals surface area contributed by atoms with Crippen molar-refractivity contribution in [3.8, 4) is 11.3 Å². The lowest BCUT2D eigenvalue weighted by atomic mass is 10.1. The number of carbonyl (C=O) groups is 1. The highest BCUT2D eigenvalue weighted by Crippen LogP contribution is 2.25. The molecule has 0 bridgehead atoms. The van der Waals surface area contributed by atoms with Crippen LogP contribution >= 0.6 is 11.3 Å². The first kappa shape index (κ1) is 18.0. The Hall–Kier alpha value is -2.80. The van der Waals surface area contributed by atoms with Gasteiger partial charge in [0.2, 0.25) is 11.0 Å². The van der Waals surface area contributed by atoms with E-state index in [4.69, 9.17) is 4.42 Å². The van der Waals surface area contributed by atoms with E-state index in [1.54, 1.807) is 30.3 Å². The maximum absolute atomic E-state index is 13.8. The summed E-state index contributed by atoms with van der Waals surface area (Å²) >= 11 is 1.36. The Morgan fingerprint density at radius 3 is 2.85 bits per heavy atom. The third-order valence-corrected chi connectivity index (χ3v) is 4.31. The van der Waals surface area contributed by atoms with Gasteiger partial charge >= 0.3 is 0 Å². The summed E-state index contributed by atoms with van der Waals surface area (Å²) in [6, 6.07) is 9.71. The van der Waals surface area contributed by atoms with Gasteiger partial charge in [0.1, 0.15) is 22.3 Å². The van der Waals surface area contributed by atoms with E-state index in [0.717, 1.165) is 11.4 Å². The first-order chi connectivity index (χ1) is 12.5. The third-order valence-electron chi connectivity index (χ3n) is 3.44. The van der Waals surface area contributed by atoms with Crippen LogP contribution in [0.3, 0.4) is 0 Å². The molecule has 0 fully saturated rings. The minimum atomic E-state index is -0.358. The molecule has 0 atom stereocenters. The monoisotopic (exact) mass is 371 g/mol. The molecule has 1 N–H and O–H groups in total. The molecule has 0 aliphatic carbocycles. The van der Waals surface area contributed by atoms with Gasteiger partial charge < -0.3 is 4.42 Å². The molecular weight excluding hydrogens is 353 g/mol. The van der Waals surface area contributed by atoms with Gasteiger partial charge in [0.15, 0.2) is 0 Å². The number of aromatic nitrogens is 2. The van der Waals surface area contributed by atoms with Gasteiger partial charge in [-0.05, 0) is 36.3 Å². The molecule has 134 valence electrons. The van der Waals surface area contributed by atoms with E-state index in [1.807, 2.05) is 0 Å². The highest BCUT2D eigenvalue weighted by atomic mass is 32.1. The van der Waals surface area contributed by atoms with Gasteiger partial charge in [-0.25, -0.2) is 4.39 Å². The van der Waals surface area contributed by atoms with Crippen LogP contribution < -0.4 is 5.32 Å². The Kier molecular flexibility index (Phi) is 5.58. The van der Waals surface area contributed by atoms with Crippen LogP contribution in [0.1, 0.15) is 24.6 Å². The predicted molar refractivity (Wildman–Crippen MR) is 100 cm³/mol. The van der Waals surface area contributed by atoms with Gasteiger partial charge in [0.25, 0.3) is 0 Å². The van der Waals surface area contributed by atoms with E-state index >= 15 is 0 Å². The number of halogens is 1. The number of anilines is 1. The molecule has 3 rings (SSSR count). The van der Waals surface area contributed by atoms with E-state index in [9.17, 15) is 9.18 Å². The summed E-state index contributed by atoms with van der Waals surface area (Å²) < 4.78 is 19.3. The second-order valence-electron chi connectivity index (χ2n) is 6.10. The van der Waals surface area contributed by atoms with Crippen molar-refractivity contribution >= 4 is 28.5 Å². The summed E-state index contributed by atoms with van der Waals surface area (Å²) in [4.78, 5) is 12.0. The molecule has 0 saturated carbocycles. The van der Waals surface area contributed by atoms with E-state index in [-0.39, 0.29) is 11.7 Å². The number of rotatable bonds is 6. The van der Waals surface area contributed by atoms with Crippen molar-refractivity contribution < 1.29 is 13.6 Å². The molecule has 0 aliphatic rings. The normalized spacial score (nSPS) is 11.4. The number of carbonyl (C=O) groups excluding carboxylic acids is 1. The molecule has 0 aliphatic heterocycles. The molecule has 7 heteroatoms. The first-order valence-electron chi connectivity index (χ1n) is 8.17. The predicted octanol–water partition coefficient (Wildman–Crippen LogP) is 4.79. The molecule has 26 heavy (non-hydrogen) atoms. The average Bonchev–Trinajstić information content (AvgIpc) is 3.22. The highest BCUT2D eigenvalue weighted by molar-refractivity contribution is 7.15. The number of nitrogens with zero attached hydrogens (tertiary/aromatic N) is 2. The zero-order valence-electron chi connectivity index (χ0n) is 14.4. The molecule has 2 heterocycles. The second-order valence-corrected chi connectivity index (χ2v) is 7.17. The Balaban J connectivity index is 1.62. The van der Waals surface area contributed by atoms with Crippen LogP contribution in [-0.2, 0) is 11.2 Å². The van der Waals surface area contributed by atoms with Crippen LogP contribution in [0, 0.1) is 11.7 Å². The smallest absolute Gasteiger partial charge is 0.250 e. The highest BCUT2D eigenvalue weighted by Gasteiger charge is 2.09. The molecule has 0 saturated heterocycles. The van der Waals surface area contributed by atoms with E-state index < -0.39 is 0 Å². The Morgan fingerprint density at radius 2 is 2.08 bits per heavy atom. The minimum absolute atomic E-state index is 0.332. The lowest BCUT2D eigenvalue weighted by Crippen LogP contribution is -2.07. The molecule has 1 amide bonds. The van der Waals surface area contributed by atoms with Gasteiger partial charge in [0, 0.05) is 12.5 Å². The number of hydrogen-bond donors (Lipinski definition) is 1. The molecule has 2 aromatic heterocycles. The van der Waals surface area contributed by atoms with Gasteiger partial charge in [-0.1, -0.05) is 37.3 Å². The number of nitrogens with one attached hydrogen (secondary N) is 1. The van der Waals surface area contributed by atoms with Crippen molar-refractivity contribution in [3.05, 3.63) is 59.1 Å². The largest absolute Gasteiger partial charge is 0.457 e. The third kappa shape index (κ3) is 4.64. The van der Waals surface area contributed by atoms with Gasteiger partial charge in [-0.2, -0.15) is 0 Å². The van der Waals surface area contributed by atoms with Crippen molar-refractivity contribution in [2.24, 2.45) is 5.92 Å². The lowest BCUT2D eigenvalue weighted by molar-refractivity contribution is -0.111. The summed E-state index contributed by atoms with van der Waals surface area (Å²) in [5.41, 5.74) is 0.378. The van der Waals surface area contributed by atoms with Crippen LogP contribution in [0.15, 0.2) is 46.9 Å². The zero-order chi connectivity index (χ0) is 18.5. The Labute approximate surface area is 154 Å². The SMILES string of the molecule is CC(C)Cc1nnc(NC(=O)/C=C/c2ccc(-c3ccccc3F)o2)s1. The van der Waals surface area contributed by atoms with Crippen molar-refractivity contribution in [2.75, 3.05) is 5.32 Å². The molecule has 0 spiro atoms. The van der Waals surface area contributed by atoms with Gasteiger partial charge in [-0.15, -0.1) is 10.2 Å². The standard InChI is InChI=1S/C19H18FN3O2S/c1-12(2)11-18-22-23-19(26-18)21-17(24)10-8-13-7-9-16(25-13)14-5-3-4-6-15(14)20/h3-10,12H,11H2,1-2H3,(H,21,23,24)/b10-8+. The molecule has 0 radical (unpaired) electrons. The van der Waals surface area contributed by atoms with Crippen molar-refractivity contribution in [3.63, 3.8) is 0 Å². The molecular formula is C19H18FN3O2S. The van der Waals surface area contributed by atoms with Crippen LogP contribution in [0.2, 0.25) is 0 Å². The Morgan fingerprint density at radius 1 is 1.27 bits per heavy atom. The number of amides is 1. The maximum atomic E-state index is 13.8. The minimum Gasteiger partial charge on any atom is -0.457 e. The maximum Gasteiger partial charge on any atom is 0.250 e. The zero-order valence-corrected chi connectivity index (χ0v) is 15.2. The average molecular weight is 371 g/mol. The van der Waals surface area contributed by atoms with Crippen LogP contribution in [-0.4, -0.2) is 16.1 Å². The van der Waals surface area contributed by atoms with Crippen LogP contribution in [0.25, 0.3) is 17.4 Å². The summed E-state index contributed by atoms with van der Waals surface area (Å²) in [6.45, 7) is 4.20. The fourth-order valence-corrected chi connectivity index (χ4v) is 3.24.